The molecule has 0 spiro atoms. The molecule has 0 bridgehead atoms. The minimum atomic E-state index is 0.0402. The molecule has 1 aliphatic rings. The summed E-state index contributed by atoms with van der Waals surface area (Å²) >= 11 is 0. The van der Waals surface area contributed by atoms with E-state index in [4.69, 9.17) is 9.47 Å². The van der Waals surface area contributed by atoms with E-state index in [9.17, 15) is 0 Å². The lowest BCUT2D eigenvalue weighted by Crippen LogP contribution is -2.48. The summed E-state index contributed by atoms with van der Waals surface area (Å²) in [5.41, 5.74) is 1.18. The highest BCUT2D eigenvalue weighted by Gasteiger charge is 2.24. The molecule has 18 heavy (non-hydrogen) atoms. The Morgan fingerprint density at radius 3 is 2.56 bits per heavy atom. The number of hydrogen-bond acceptors (Lipinski definition) is 4. The van der Waals surface area contributed by atoms with E-state index in [1.54, 1.807) is 0 Å². The standard InChI is InChI=1S/C14H22N2O2/c1-14(2,10-15-3)16(4)11-5-6-12-13(9-11)18-8-7-17-12/h5-6,9,15H,7-8,10H2,1-4H3. The van der Waals surface area contributed by atoms with E-state index in [-0.39, 0.29) is 5.54 Å². The third-order valence-corrected chi connectivity index (χ3v) is 3.43. The van der Waals surface area contributed by atoms with Gasteiger partial charge in [0.15, 0.2) is 11.5 Å². The lowest BCUT2D eigenvalue weighted by atomic mass is 10.0. The van der Waals surface area contributed by atoms with Crippen LogP contribution in [0.4, 0.5) is 5.69 Å². The summed E-state index contributed by atoms with van der Waals surface area (Å²) in [6.45, 7) is 6.59. The fourth-order valence-electron chi connectivity index (χ4n) is 2.14. The molecule has 0 saturated carbocycles. The van der Waals surface area contributed by atoms with Gasteiger partial charge in [-0.15, -0.1) is 0 Å². The molecule has 0 amide bonds. The minimum Gasteiger partial charge on any atom is -0.486 e. The first-order valence-corrected chi connectivity index (χ1v) is 6.33. The van der Waals surface area contributed by atoms with E-state index in [0.29, 0.717) is 13.2 Å². The molecule has 0 atom stereocenters. The Kier molecular flexibility index (Phi) is 3.66. The molecule has 1 aromatic rings. The Morgan fingerprint density at radius 2 is 1.89 bits per heavy atom. The SMILES string of the molecule is CNCC(C)(C)N(C)c1ccc2c(c1)OCCO2. The molecule has 4 heteroatoms. The second kappa shape index (κ2) is 5.06. The monoisotopic (exact) mass is 250 g/mol. The maximum Gasteiger partial charge on any atom is 0.163 e. The summed E-state index contributed by atoms with van der Waals surface area (Å²) in [5, 5.41) is 3.22. The molecule has 1 aliphatic heterocycles. The number of ether oxygens (including phenoxy) is 2. The third-order valence-electron chi connectivity index (χ3n) is 3.43. The first kappa shape index (κ1) is 13.0. The van der Waals surface area contributed by atoms with Crippen LogP contribution in [0.25, 0.3) is 0 Å². The summed E-state index contributed by atoms with van der Waals surface area (Å²) < 4.78 is 11.2. The van der Waals surface area contributed by atoms with Gasteiger partial charge in [0.1, 0.15) is 13.2 Å². The molecule has 0 fully saturated rings. The predicted molar refractivity (Wildman–Crippen MR) is 73.8 cm³/mol. The van der Waals surface area contributed by atoms with Gasteiger partial charge in [0.2, 0.25) is 0 Å². The van der Waals surface area contributed by atoms with Crippen molar-refractivity contribution in [2.75, 3.05) is 38.8 Å². The number of benzene rings is 1. The molecule has 1 heterocycles. The molecular weight excluding hydrogens is 228 g/mol. The van der Waals surface area contributed by atoms with E-state index in [1.165, 1.54) is 0 Å². The number of fused-ring (bicyclic) bond motifs is 1. The molecular formula is C14H22N2O2. The van der Waals surface area contributed by atoms with E-state index in [1.807, 2.05) is 19.2 Å². The summed E-state index contributed by atoms with van der Waals surface area (Å²) in [6.07, 6.45) is 0. The molecule has 0 saturated heterocycles. The zero-order chi connectivity index (χ0) is 13.2. The second-order valence-electron chi connectivity index (χ2n) is 5.23. The highest BCUT2D eigenvalue weighted by molar-refractivity contribution is 5.57. The van der Waals surface area contributed by atoms with Gasteiger partial charge in [0.25, 0.3) is 0 Å². The largest absolute Gasteiger partial charge is 0.486 e. The van der Waals surface area contributed by atoms with Crippen LogP contribution in [0.15, 0.2) is 18.2 Å². The average molecular weight is 250 g/mol. The van der Waals surface area contributed by atoms with E-state index < -0.39 is 0 Å². The van der Waals surface area contributed by atoms with Gasteiger partial charge in [-0.2, -0.15) is 0 Å². The number of likely N-dealkylation sites (N-methyl/N-ethyl adjacent to an activating group) is 2. The zero-order valence-electron chi connectivity index (χ0n) is 11.6. The molecule has 0 aromatic heterocycles. The van der Waals surface area contributed by atoms with Gasteiger partial charge in [-0.3, -0.25) is 0 Å². The Labute approximate surface area is 109 Å². The average Bonchev–Trinajstić information content (AvgIpc) is 2.37. The van der Waals surface area contributed by atoms with Crippen molar-refractivity contribution in [2.24, 2.45) is 0 Å². The molecule has 4 nitrogen and oxygen atoms in total. The van der Waals surface area contributed by atoms with Crippen LogP contribution in [0, 0.1) is 0 Å². The molecule has 1 N–H and O–H groups in total. The topological polar surface area (TPSA) is 33.7 Å². The lowest BCUT2D eigenvalue weighted by Gasteiger charge is -2.37. The Balaban J connectivity index is 2.23. The van der Waals surface area contributed by atoms with E-state index >= 15 is 0 Å². The van der Waals surface area contributed by atoms with Crippen molar-refractivity contribution in [1.29, 1.82) is 0 Å². The number of hydrogen-bond donors (Lipinski definition) is 1. The van der Waals surface area contributed by atoms with Crippen LogP contribution in [0.3, 0.4) is 0 Å². The van der Waals surface area contributed by atoms with Crippen molar-refractivity contribution in [1.82, 2.24) is 5.32 Å². The zero-order valence-corrected chi connectivity index (χ0v) is 11.6. The van der Waals surface area contributed by atoms with Crippen molar-refractivity contribution in [2.45, 2.75) is 19.4 Å². The van der Waals surface area contributed by atoms with Crippen LogP contribution in [0.1, 0.15) is 13.8 Å². The summed E-state index contributed by atoms with van der Waals surface area (Å²) in [7, 11) is 4.07. The molecule has 0 aliphatic carbocycles. The van der Waals surface area contributed by atoms with E-state index in [0.717, 1.165) is 23.7 Å². The van der Waals surface area contributed by atoms with Crippen LogP contribution in [0.2, 0.25) is 0 Å². The van der Waals surface area contributed by atoms with Crippen LogP contribution < -0.4 is 19.7 Å². The van der Waals surface area contributed by atoms with Crippen molar-refractivity contribution >= 4 is 5.69 Å². The smallest absolute Gasteiger partial charge is 0.163 e. The Morgan fingerprint density at radius 1 is 1.22 bits per heavy atom. The third kappa shape index (κ3) is 2.53. The second-order valence-corrected chi connectivity index (χ2v) is 5.23. The maximum atomic E-state index is 5.62. The molecule has 2 rings (SSSR count). The Hall–Kier alpha value is -1.42. The first-order chi connectivity index (χ1) is 8.54. The highest BCUT2D eigenvalue weighted by atomic mass is 16.6. The lowest BCUT2D eigenvalue weighted by molar-refractivity contribution is 0.171. The van der Waals surface area contributed by atoms with Gasteiger partial charge in [-0.25, -0.2) is 0 Å². The first-order valence-electron chi connectivity index (χ1n) is 6.33. The van der Waals surface area contributed by atoms with Crippen LogP contribution in [0.5, 0.6) is 11.5 Å². The van der Waals surface area contributed by atoms with Crippen molar-refractivity contribution in [3.63, 3.8) is 0 Å². The predicted octanol–water partition coefficient (Wildman–Crippen LogP) is 1.89. The highest BCUT2D eigenvalue weighted by Crippen LogP contribution is 2.35. The Bertz CT molecular complexity index is 418. The van der Waals surface area contributed by atoms with Gasteiger partial charge in [-0.1, -0.05) is 0 Å². The van der Waals surface area contributed by atoms with Crippen LogP contribution in [-0.2, 0) is 0 Å². The summed E-state index contributed by atoms with van der Waals surface area (Å²) in [5.74, 6) is 1.68. The van der Waals surface area contributed by atoms with Gasteiger partial charge in [0.05, 0.1) is 0 Å². The minimum absolute atomic E-state index is 0.0402. The number of anilines is 1. The molecule has 0 radical (unpaired) electrons. The van der Waals surface area contributed by atoms with E-state index in [2.05, 4.69) is 37.2 Å². The fourth-order valence-corrected chi connectivity index (χ4v) is 2.14. The molecule has 0 unspecified atom stereocenters. The number of nitrogens with zero attached hydrogens (tertiary/aromatic N) is 1. The maximum absolute atomic E-state index is 5.62. The van der Waals surface area contributed by atoms with Gasteiger partial charge in [0, 0.05) is 30.9 Å². The summed E-state index contributed by atoms with van der Waals surface area (Å²) in [6, 6.07) is 6.10. The van der Waals surface area contributed by atoms with Crippen molar-refractivity contribution in [3.8, 4) is 11.5 Å². The number of nitrogens with one attached hydrogen (secondary N) is 1. The molecule has 100 valence electrons. The molecule has 1 aromatic carbocycles. The van der Waals surface area contributed by atoms with Crippen LogP contribution in [-0.4, -0.2) is 39.4 Å². The van der Waals surface area contributed by atoms with Gasteiger partial charge in [-0.05, 0) is 33.0 Å². The van der Waals surface area contributed by atoms with Crippen molar-refractivity contribution in [3.05, 3.63) is 18.2 Å². The fraction of sp³-hybridized carbons (Fsp3) is 0.571. The van der Waals surface area contributed by atoms with Gasteiger partial charge < -0.3 is 19.7 Å². The summed E-state index contributed by atoms with van der Waals surface area (Å²) in [4.78, 5) is 2.25. The van der Waals surface area contributed by atoms with Gasteiger partial charge >= 0.3 is 0 Å². The van der Waals surface area contributed by atoms with Crippen molar-refractivity contribution < 1.29 is 9.47 Å². The normalized spacial score (nSPS) is 14.4. The quantitative estimate of drug-likeness (QED) is 0.885. The van der Waals surface area contributed by atoms with Crippen LogP contribution >= 0.6 is 0 Å². The number of rotatable bonds is 4.